The highest BCUT2D eigenvalue weighted by Gasteiger charge is 2.62. The molecule has 0 aliphatic heterocycles. The Bertz CT molecular complexity index is 847. The monoisotopic (exact) mass is 388 g/mol. The van der Waals surface area contributed by atoms with Crippen LogP contribution in [-0.4, -0.2) is 23.8 Å². The van der Waals surface area contributed by atoms with Crippen LogP contribution >= 0.6 is 0 Å². The van der Waals surface area contributed by atoms with Gasteiger partial charge in [-0.15, -0.1) is 0 Å². The molecule has 0 amide bonds. The highest BCUT2D eigenvalue weighted by molar-refractivity contribution is 6.00. The van der Waals surface area contributed by atoms with Crippen LogP contribution in [0.5, 0.6) is 0 Å². The molecule has 1 heterocycles. The van der Waals surface area contributed by atoms with Gasteiger partial charge in [0.05, 0.1) is 12.2 Å². The SMILES string of the molecule is CC=C(C)C(=O)O[C@@H]1c2c(C)coc2C(=O)[C@H]2[C@@H](OC(C)=O)CC[C@@H](C)[C@@]12C. The second-order valence-electron chi connectivity index (χ2n) is 8.25. The number of rotatable bonds is 3. The molecule has 6 heteroatoms. The zero-order valence-electron chi connectivity index (χ0n) is 17.3. The fraction of sp³-hybridized carbons (Fsp3) is 0.591. The van der Waals surface area contributed by atoms with Gasteiger partial charge in [-0.3, -0.25) is 9.59 Å². The maximum Gasteiger partial charge on any atom is 0.334 e. The van der Waals surface area contributed by atoms with Gasteiger partial charge in [-0.2, -0.15) is 0 Å². The number of ether oxygens (including phenoxy) is 2. The van der Waals surface area contributed by atoms with E-state index in [2.05, 4.69) is 6.92 Å². The predicted octanol–water partition coefficient (Wildman–Crippen LogP) is 4.32. The normalized spacial score (nSPS) is 32.4. The summed E-state index contributed by atoms with van der Waals surface area (Å²) in [5.74, 6) is -1.36. The van der Waals surface area contributed by atoms with Gasteiger partial charge in [-0.1, -0.05) is 19.9 Å². The van der Waals surface area contributed by atoms with E-state index in [1.165, 1.54) is 13.2 Å². The lowest BCUT2D eigenvalue weighted by atomic mass is 9.53. The van der Waals surface area contributed by atoms with Crippen molar-refractivity contribution in [1.29, 1.82) is 0 Å². The third-order valence-corrected chi connectivity index (χ3v) is 6.64. The van der Waals surface area contributed by atoms with Crippen LogP contribution in [-0.2, 0) is 19.1 Å². The molecule has 3 rings (SSSR count). The molecule has 1 aromatic rings. The molecular formula is C22H28O6. The van der Waals surface area contributed by atoms with Crippen molar-refractivity contribution in [3.63, 3.8) is 0 Å². The van der Waals surface area contributed by atoms with Crippen molar-refractivity contribution in [1.82, 2.24) is 0 Å². The molecule has 5 atom stereocenters. The van der Waals surface area contributed by atoms with E-state index < -0.39 is 35.5 Å². The summed E-state index contributed by atoms with van der Waals surface area (Å²) in [6.07, 6.45) is 3.37. The van der Waals surface area contributed by atoms with Crippen LogP contribution in [0.4, 0.5) is 0 Å². The smallest absolute Gasteiger partial charge is 0.334 e. The number of carbonyl (C=O) groups is 3. The summed E-state index contributed by atoms with van der Waals surface area (Å²) in [7, 11) is 0. The number of fused-ring (bicyclic) bond motifs is 2. The van der Waals surface area contributed by atoms with Crippen LogP contribution in [0.25, 0.3) is 0 Å². The molecule has 1 aromatic heterocycles. The van der Waals surface area contributed by atoms with E-state index in [1.54, 1.807) is 19.9 Å². The van der Waals surface area contributed by atoms with Crippen molar-refractivity contribution in [2.24, 2.45) is 17.3 Å². The Balaban J connectivity index is 2.16. The predicted molar refractivity (Wildman–Crippen MR) is 102 cm³/mol. The topological polar surface area (TPSA) is 82.8 Å². The molecule has 0 saturated heterocycles. The quantitative estimate of drug-likeness (QED) is 0.566. The van der Waals surface area contributed by atoms with Crippen LogP contribution in [0.15, 0.2) is 22.3 Å². The van der Waals surface area contributed by atoms with Gasteiger partial charge in [0.1, 0.15) is 12.2 Å². The molecule has 0 N–H and O–H groups in total. The first-order chi connectivity index (χ1) is 13.1. The van der Waals surface area contributed by atoms with Gasteiger partial charge >= 0.3 is 11.9 Å². The van der Waals surface area contributed by atoms with Gasteiger partial charge in [0, 0.05) is 23.5 Å². The molecule has 2 aliphatic rings. The van der Waals surface area contributed by atoms with Gasteiger partial charge in [0.25, 0.3) is 0 Å². The van der Waals surface area contributed by atoms with Gasteiger partial charge in [-0.05, 0) is 45.1 Å². The van der Waals surface area contributed by atoms with Crippen molar-refractivity contribution in [2.45, 2.75) is 66.6 Å². The number of hydrogen-bond donors (Lipinski definition) is 0. The molecule has 0 unspecified atom stereocenters. The summed E-state index contributed by atoms with van der Waals surface area (Å²) >= 11 is 0. The Morgan fingerprint density at radius 3 is 2.54 bits per heavy atom. The van der Waals surface area contributed by atoms with Crippen LogP contribution in [0.3, 0.4) is 0 Å². The van der Waals surface area contributed by atoms with E-state index in [0.29, 0.717) is 17.6 Å². The summed E-state index contributed by atoms with van der Waals surface area (Å²) in [4.78, 5) is 37.7. The molecular weight excluding hydrogens is 360 g/mol. The lowest BCUT2D eigenvalue weighted by Crippen LogP contribution is -2.56. The van der Waals surface area contributed by atoms with Crippen LogP contribution in [0.2, 0.25) is 0 Å². The number of carbonyl (C=O) groups excluding carboxylic acids is 3. The molecule has 2 aliphatic carbocycles. The first-order valence-corrected chi connectivity index (χ1v) is 9.76. The standard InChI is InChI=1S/C22H28O6/c1-7-11(2)21(25)28-20-16-12(3)10-26-19(16)18(24)17-15(27-14(5)23)9-8-13(4)22(17,20)6/h7,10,13,15,17,20H,8-9H2,1-6H3/t13-,15+,17-,20-,22-/m1/s1. The van der Waals surface area contributed by atoms with Crippen molar-refractivity contribution in [2.75, 3.05) is 0 Å². The number of hydrogen-bond acceptors (Lipinski definition) is 6. The molecule has 28 heavy (non-hydrogen) atoms. The fourth-order valence-electron chi connectivity index (χ4n) is 4.74. The largest absolute Gasteiger partial charge is 0.462 e. The Hall–Kier alpha value is -2.37. The minimum absolute atomic E-state index is 0.0828. The summed E-state index contributed by atoms with van der Waals surface area (Å²) in [5, 5.41) is 0. The van der Waals surface area contributed by atoms with Crippen LogP contribution in [0.1, 0.15) is 75.2 Å². The van der Waals surface area contributed by atoms with E-state index in [0.717, 1.165) is 12.0 Å². The number of ketones is 1. The van der Waals surface area contributed by atoms with Crippen molar-refractivity contribution >= 4 is 17.7 Å². The van der Waals surface area contributed by atoms with Crippen LogP contribution < -0.4 is 0 Å². The van der Waals surface area contributed by atoms with Gasteiger partial charge < -0.3 is 13.9 Å². The minimum Gasteiger partial charge on any atom is -0.462 e. The van der Waals surface area contributed by atoms with E-state index in [1.807, 2.05) is 13.8 Å². The molecule has 152 valence electrons. The summed E-state index contributed by atoms with van der Waals surface area (Å²) < 4.78 is 17.1. The lowest BCUT2D eigenvalue weighted by Gasteiger charge is -2.53. The lowest BCUT2D eigenvalue weighted by molar-refractivity contribution is -0.178. The third-order valence-electron chi connectivity index (χ3n) is 6.64. The van der Waals surface area contributed by atoms with E-state index in [4.69, 9.17) is 13.9 Å². The third kappa shape index (κ3) is 2.99. The number of esters is 2. The molecule has 0 radical (unpaired) electrons. The Morgan fingerprint density at radius 1 is 1.25 bits per heavy atom. The summed E-state index contributed by atoms with van der Waals surface area (Å²) in [5.41, 5.74) is 1.21. The van der Waals surface area contributed by atoms with Gasteiger partial charge in [-0.25, -0.2) is 4.79 Å². The zero-order valence-corrected chi connectivity index (χ0v) is 17.3. The molecule has 6 nitrogen and oxygen atoms in total. The summed E-state index contributed by atoms with van der Waals surface area (Å²) in [6.45, 7) is 10.7. The average molecular weight is 388 g/mol. The highest BCUT2D eigenvalue weighted by atomic mass is 16.6. The molecule has 0 bridgehead atoms. The highest BCUT2D eigenvalue weighted by Crippen LogP contribution is 2.60. The first kappa shape index (κ1) is 20.4. The fourth-order valence-corrected chi connectivity index (χ4v) is 4.74. The second kappa shape index (κ2) is 7.22. The van der Waals surface area contributed by atoms with Crippen molar-refractivity contribution < 1.29 is 28.3 Å². The number of allylic oxidation sites excluding steroid dienone is 1. The maximum atomic E-state index is 13.4. The van der Waals surface area contributed by atoms with Crippen molar-refractivity contribution in [3.8, 4) is 0 Å². The Morgan fingerprint density at radius 2 is 1.93 bits per heavy atom. The average Bonchev–Trinajstić information content (AvgIpc) is 3.02. The van der Waals surface area contributed by atoms with Gasteiger partial charge in [0.15, 0.2) is 5.76 Å². The maximum absolute atomic E-state index is 13.4. The number of furan rings is 1. The van der Waals surface area contributed by atoms with Crippen molar-refractivity contribution in [3.05, 3.63) is 34.8 Å². The molecule has 1 saturated carbocycles. The van der Waals surface area contributed by atoms with Crippen LogP contribution in [0, 0.1) is 24.2 Å². The first-order valence-electron chi connectivity index (χ1n) is 9.76. The van der Waals surface area contributed by atoms with Gasteiger partial charge in [0.2, 0.25) is 5.78 Å². The second-order valence-corrected chi connectivity index (χ2v) is 8.25. The Kier molecular flexibility index (Phi) is 5.26. The van der Waals surface area contributed by atoms with E-state index >= 15 is 0 Å². The molecule has 1 fully saturated rings. The zero-order chi connectivity index (χ0) is 20.8. The number of Topliss-reactive ketones (excluding diaryl/α,β-unsaturated/α-hetero) is 1. The van der Waals surface area contributed by atoms with E-state index in [9.17, 15) is 14.4 Å². The minimum atomic E-state index is -0.708. The summed E-state index contributed by atoms with van der Waals surface area (Å²) in [6, 6.07) is 0. The molecule has 0 spiro atoms. The number of aryl methyl sites for hydroxylation is 1. The van der Waals surface area contributed by atoms with E-state index in [-0.39, 0.29) is 17.5 Å². The molecule has 0 aromatic carbocycles. The Labute approximate surface area is 165 Å².